The molecule has 2 atom stereocenters. The molecule has 1 fully saturated rings. The number of carbonyl (C=O) groups is 4. The second-order valence-corrected chi connectivity index (χ2v) is 10.4. The lowest BCUT2D eigenvalue weighted by Gasteiger charge is -2.20. The highest BCUT2D eigenvalue weighted by Crippen LogP contribution is 2.30. The van der Waals surface area contributed by atoms with Crippen molar-refractivity contribution < 1.29 is 19.2 Å². The molecule has 3 aromatic rings. The lowest BCUT2D eigenvalue weighted by Crippen LogP contribution is -2.48. The van der Waals surface area contributed by atoms with Crippen LogP contribution in [-0.4, -0.2) is 47.1 Å². The molecule has 39 heavy (non-hydrogen) atoms. The average Bonchev–Trinajstić information content (AvgIpc) is 3.51. The number of nitrogens with one attached hydrogen (secondary N) is 4. The van der Waals surface area contributed by atoms with Gasteiger partial charge in [-0.2, -0.15) is 0 Å². The Hall–Kier alpha value is -3.94. The first-order valence-corrected chi connectivity index (χ1v) is 13.9. The summed E-state index contributed by atoms with van der Waals surface area (Å²) in [6.07, 6.45) is 5.19. The SMILES string of the molecule is CC(=O)CCCCC[C@H](NC(=O)CC1CCC(=O)N1)C(=O)NCCc1c(-c2ccccc2)[nH]c2ccccc12. The molecule has 1 saturated heterocycles. The van der Waals surface area contributed by atoms with Crippen molar-refractivity contribution >= 4 is 34.4 Å². The minimum atomic E-state index is -0.663. The third-order valence-electron chi connectivity index (χ3n) is 7.24. The summed E-state index contributed by atoms with van der Waals surface area (Å²) < 4.78 is 0. The Bertz CT molecular complexity index is 1300. The number of H-pyrrole nitrogens is 1. The van der Waals surface area contributed by atoms with Crippen molar-refractivity contribution in [2.75, 3.05) is 6.54 Å². The maximum Gasteiger partial charge on any atom is 0.242 e. The second kappa shape index (κ2) is 13.7. The molecule has 0 aliphatic carbocycles. The molecule has 3 amide bonds. The van der Waals surface area contributed by atoms with E-state index in [4.69, 9.17) is 0 Å². The van der Waals surface area contributed by atoms with E-state index in [0.717, 1.165) is 47.0 Å². The summed E-state index contributed by atoms with van der Waals surface area (Å²) in [5.74, 6) is -0.344. The van der Waals surface area contributed by atoms with Crippen LogP contribution >= 0.6 is 0 Å². The van der Waals surface area contributed by atoms with E-state index < -0.39 is 6.04 Å². The summed E-state index contributed by atoms with van der Waals surface area (Å²) in [7, 11) is 0. The highest BCUT2D eigenvalue weighted by molar-refractivity contribution is 5.91. The van der Waals surface area contributed by atoms with Gasteiger partial charge in [0, 0.05) is 48.4 Å². The van der Waals surface area contributed by atoms with E-state index in [0.29, 0.717) is 38.6 Å². The smallest absolute Gasteiger partial charge is 0.242 e. The molecule has 8 nitrogen and oxygen atoms in total. The Kier molecular flexibility index (Phi) is 9.89. The maximum atomic E-state index is 13.2. The number of ketones is 1. The highest BCUT2D eigenvalue weighted by Gasteiger charge is 2.26. The molecule has 1 aliphatic heterocycles. The first kappa shape index (κ1) is 28.1. The van der Waals surface area contributed by atoms with Gasteiger partial charge in [-0.1, -0.05) is 61.4 Å². The van der Waals surface area contributed by atoms with Crippen LogP contribution in [0.4, 0.5) is 0 Å². The molecule has 1 unspecified atom stereocenters. The van der Waals surface area contributed by atoms with Gasteiger partial charge in [-0.15, -0.1) is 0 Å². The van der Waals surface area contributed by atoms with Crippen molar-refractivity contribution in [3.8, 4) is 11.3 Å². The van der Waals surface area contributed by atoms with E-state index in [2.05, 4.69) is 39.1 Å². The normalized spacial score (nSPS) is 15.6. The van der Waals surface area contributed by atoms with Crippen LogP contribution in [0.3, 0.4) is 0 Å². The molecule has 4 N–H and O–H groups in total. The summed E-state index contributed by atoms with van der Waals surface area (Å²) in [5, 5.41) is 9.86. The van der Waals surface area contributed by atoms with E-state index in [-0.39, 0.29) is 36.0 Å². The summed E-state index contributed by atoms with van der Waals surface area (Å²) in [4.78, 5) is 52.2. The Balaban J connectivity index is 1.39. The third-order valence-corrected chi connectivity index (χ3v) is 7.24. The van der Waals surface area contributed by atoms with Gasteiger partial charge in [0.2, 0.25) is 17.7 Å². The van der Waals surface area contributed by atoms with Gasteiger partial charge in [0.15, 0.2) is 0 Å². The molecule has 0 saturated carbocycles. The lowest BCUT2D eigenvalue weighted by atomic mass is 10.0. The number of aromatic amines is 1. The molecular formula is C31H38N4O4. The zero-order chi connectivity index (χ0) is 27.6. The van der Waals surface area contributed by atoms with Crippen molar-refractivity contribution in [2.24, 2.45) is 0 Å². The van der Waals surface area contributed by atoms with Crippen LogP contribution in [-0.2, 0) is 25.6 Å². The topological polar surface area (TPSA) is 120 Å². The third kappa shape index (κ3) is 8.02. The van der Waals surface area contributed by atoms with E-state index in [9.17, 15) is 19.2 Å². The van der Waals surface area contributed by atoms with Crippen LogP contribution in [0.5, 0.6) is 0 Å². The van der Waals surface area contributed by atoms with Gasteiger partial charge in [0.25, 0.3) is 0 Å². The zero-order valence-electron chi connectivity index (χ0n) is 22.6. The monoisotopic (exact) mass is 530 g/mol. The fourth-order valence-corrected chi connectivity index (χ4v) is 5.22. The predicted molar refractivity (Wildman–Crippen MR) is 152 cm³/mol. The first-order chi connectivity index (χ1) is 18.9. The molecule has 0 spiro atoms. The average molecular weight is 531 g/mol. The van der Waals surface area contributed by atoms with Crippen molar-refractivity contribution in [1.29, 1.82) is 0 Å². The number of hydrogen-bond acceptors (Lipinski definition) is 4. The van der Waals surface area contributed by atoms with Crippen LogP contribution in [0.1, 0.15) is 63.9 Å². The maximum absolute atomic E-state index is 13.2. The Morgan fingerprint density at radius 3 is 2.51 bits per heavy atom. The number of benzene rings is 2. The molecule has 1 aliphatic rings. The van der Waals surface area contributed by atoms with Gasteiger partial charge in [-0.25, -0.2) is 0 Å². The van der Waals surface area contributed by atoms with Gasteiger partial charge < -0.3 is 25.7 Å². The number of fused-ring (bicyclic) bond motifs is 1. The summed E-state index contributed by atoms with van der Waals surface area (Å²) in [6, 6.07) is 17.4. The second-order valence-electron chi connectivity index (χ2n) is 10.4. The number of unbranched alkanes of at least 4 members (excludes halogenated alkanes) is 2. The summed E-state index contributed by atoms with van der Waals surface area (Å²) in [6.45, 7) is 2.01. The fraction of sp³-hybridized carbons (Fsp3) is 0.419. The molecular weight excluding hydrogens is 492 g/mol. The highest BCUT2D eigenvalue weighted by atomic mass is 16.2. The Morgan fingerprint density at radius 1 is 1.00 bits per heavy atom. The molecule has 0 bridgehead atoms. The van der Waals surface area contributed by atoms with E-state index in [1.165, 1.54) is 0 Å². The first-order valence-electron chi connectivity index (χ1n) is 13.9. The number of Topliss-reactive ketones (excluding diaryl/α,β-unsaturated/α-hetero) is 1. The minimum absolute atomic E-state index is 0.0419. The van der Waals surface area contributed by atoms with E-state index in [1.807, 2.05) is 36.4 Å². The fourth-order valence-electron chi connectivity index (χ4n) is 5.22. The molecule has 2 heterocycles. The van der Waals surface area contributed by atoms with Crippen LogP contribution in [0.15, 0.2) is 54.6 Å². The molecule has 1 aromatic heterocycles. The van der Waals surface area contributed by atoms with Crippen molar-refractivity contribution in [3.05, 3.63) is 60.2 Å². The Labute approximate surface area is 229 Å². The number of amides is 3. The lowest BCUT2D eigenvalue weighted by molar-refractivity contribution is -0.129. The van der Waals surface area contributed by atoms with Crippen LogP contribution in [0.2, 0.25) is 0 Å². The van der Waals surface area contributed by atoms with E-state index >= 15 is 0 Å². The minimum Gasteiger partial charge on any atom is -0.354 e. The molecule has 0 radical (unpaired) electrons. The van der Waals surface area contributed by atoms with Gasteiger partial charge in [-0.05, 0) is 49.8 Å². The number of para-hydroxylation sites is 1. The van der Waals surface area contributed by atoms with Gasteiger partial charge >= 0.3 is 0 Å². The number of aromatic nitrogens is 1. The number of carbonyl (C=O) groups excluding carboxylic acids is 4. The summed E-state index contributed by atoms with van der Waals surface area (Å²) in [5.41, 5.74) is 4.32. The van der Waals surface area contributed by atoms with Crippen LogP contribution in [0, 0.1) is 0 Å². The molecule has 2 aromatic carbocycles. The largest absolute Gasteiger partial charge is 0.354 e. The molecule has 8 heteroatoms. The summed E-state index contributed by atoms with van der Waals surface area (Å²) >= 11 is 0. The zero-order valence-corrected chi connectivity index (χ0v) is 22.6. The van der Waals surface area contributed by atoms with Crippen molar-refractivity contribution in [3.63, 3.8) is 0 Å². The molecule has 4 rings (SSSR count). The van der Waals surface area contributed by atoms with Crippen LogP contribution < -0.4 is 16.0 Å². The standard InChI is InChI=1S/C31H38N4O4/c1-21(36)10-4-2-7-15-27(34-29(38)20-23-16-17-28(37)33-23)31(39)32-19-18-25-24-13-8-9-14-26(24)35-30(25)22-11-5-3-6-12-22/h3,5-6,8-9,11-14,23,27,35H,2,4,7,10,15-20H2,1H3,(H,32,39)(H,33,37)(H,34,38)/t23?,27-/m0/s1. The Morgan fingerprint density at radius 2 is 1.77 bits per heavy atom. The van der Waals surface area contributed by atoms with Gasteiger partial charge in [-0.3, -0.25) is 14.4 Å². The van der Waals surface area contributed by atoms with Crippen molar-refractivity contribution in [1.82, 2.24) is 20.9 Å². The van der Waals surface area contributed by atoms with Gasteiger partial charge in [0.1, 0.15) is 11.8 Å². The molecule has 206 valence electrons. The van der Waals surface area contributed by atoms with Gasteiger partial charge in [0.05, 0.1) is 0 Å². The number of hydrogen-bond donors (Lipinski definition) is 4. The number of rotatable bonds is 14. The quantitative estimate of drug-likeness (QED) is 0.234. The van der Waals surface area contributed by atoms with Crippen LogP contribution in [0.25, 0.3) is 22.2 Å². The van der Waals surface area contributed by atoms with E-state index in [1.54, 1.807) is 6.92 Å². The predicted octanol–water partition coefficient (Wildman–Crippen LogP) is 4.19. The van der Waals surface area contributed by atoms with Crippen molar-refractivity contribution in [2.45, 2.75) is 76.8 Å².